The zero-order chi connectivity index (χ0) is 22.1. The number of carboxylic acids is 1. The second-order valence-electron chi connectivity index (χ2n) is 7.22. The second-order valence-corrected chi connectivity index (χ2v) is 7.22. The average Bonchev–Trinajstić information content (AvgIpc) is 3.45. The van der Waals surface area contributed by atoms with Crippen LogP contribution in [0, 0.1) is 11.3 Å². The number of rotatable bonds is 6. The molecule has 9 heteroatoms. The van der Waals surface area contributed by atoms with Crippen LogP contribution < -0.4 is 4.74 Å². The summed E-state index contributed by atoms with van der Waals surface area (Å²) in [6, 6.07) is 18.0. The number of benzene rings is 3. The molecule has 3 N–H and O–H groups in total. The Morgan fingerprint density at radius 1 is 1.09 bits per heavy atom. The highest BCUT2D eigenvalue weighted by Gasteiger charge is 2.17. The minimum absolute atomic E-state index is 0.115. The molecule has 2 heterocycles. The second kappa shape index (κ2) is 7.85. The van der Waals surface area contributed by atoms with Crippen molar-refractivity contribution < 1.29 is 14.6 Å². The Morgan fingerprint density at radius 3 is 2.72 bits per heavy atom. The van der Waals surface area contributed by atoms with E-state index in [4.69, 9.17) is 10.00 Å². The number of aromatic amines is 2. The summed E-state index contributed by atoms with van der Waals surface area (Å²) in [7, 11) is 0. The van der Waals surface area contributed by atoms with E-state index < -0.39 is 5.97 Å². The van der Waals surface area contributed by atoms with Gasteiger partial charge in [-0.15, -0.1) is 5.10 Å². The first kappa shape index (κ1) is 19.3. The molecule has 0 aliphatic carbocycles. The largest absolute Gasteiger partial charge is 0.486 e. The Bertz CT molecular complexity index is 1490. The van der Waals surface area contributed by atoms with Crippen LogP contribution in [-0.4, -0.2) is 36.5 Å². The normalized spacial score (nSPS) is 11.0. The minimum atomic E-state index is -1.05. The molecule has 0 amide bonds. The standard InChI is InChI=1S/C23H16N6O3/c24-11-14-6-4-13(5-7-14)10-19-25-21-16(23(30)31)8-9-18(22(21)26-19)32-12-15-2-1-3-17-20(15)28-29-27-17/h1-9H,10,12H2,(H,25,26)(H,30,31)(H,27,28,29). The van der Waals surface area contributed by atoms with Crippen LogP contribution in [-0.2, 0) is 13.0 Å². The van der Waals surface area contributed by atoms with Crippen molar-refractivity contribution in [1.82, 2.24) is 25.4 Å². The number of carboxylic acid groups (broad SMARTS) is 1. The van der Waals surface area contributed by atoms with Crippen molar-refractivity contribution in [3.8, 4) is 11.8 Å². The molecule has 0 saturated heterocycles. The van der Waals surface area contributed by atoms with Crippen molar-refractivity contribution in [3.63, 3.8) is 0 Å². The molecule has 0 bridgehead atoms. The first-order valence-corrected chi connectivity index (χ1v) is 9.78. The molecule has 0 unspecified atom stereocenters. The van der Waals surface area contributed by atoms with Gasteiger partial charge in [0.05, 0.1) is 28.2 Å². The monoisotopic (exact) mass is 424 g/mol. The molecule has 0 atom stereocenters. The van der Waals surface area contributed by atoms with Crippen molar-refractivity contribution in [3.05, 3.63) is 82.7 Å². The van der Waals surface area contributed by atoms with Gasteiger partial charge in [0.2, 0.25) is 0 Å². The van der Waals surface area contributed by atoms with Crippen LogP contribution >= 0.6 is 0 Å². The van der Waals surface area contributed by atoms with E-state index in [2.05, 4.69) is 31.4 Å². The summed E-state index contributed by atoms with van der Waals surface area (Å²) >= 11 is 0. The average molecular weight is 424 g/mol. The zero-order valence-electron chi connectivity index (χ0n) is 16.7. The van der Waals surface area contributed by atoms with Gasteiger partial charge in [0.15, 0.2) is 0 Å². The number of aromatic nitrogens is 5. The van der Waals surface area contributed by atoms with Crippen molar-refractivity contribution in [2.24, 2.45) is 0 Å². The Morgan fingerprint density at radius 2 is 1.94 bits per heavy atom. The molecule has 5 aromatic rings. The van der Waals surface area contributed by atoms with E-state index in [9.17, 15) is 9.90 Å². The van der Waals surface area contributed by atoms with Crippen molar-refractivity contribution in [2.45, 2.75) is 13.0 Å². The van der Waals surface area contributed by atoms with Crippen LogP contribution in [0.1, 0.15) is 32.9 Å². The maximum atomic E-state index is 11.7. The van der Waals surface area contributed by atoms with E-state index in [-0.39, 0.29) is 12.2 Å². The SMILES string of the molecule is N#Cc1ccc(Cc2nc3c(OCc4cccc5[nH]nnc45)ccc(C(=O)O)c3[nH]2)cc1. The smallest absolute Gasteiger partial charge is 0.337 e. The Kier molecular flexibility index (Phi) is 4.72. The third-order valence-corrected chi connectivity index (χ3v) is 5.17. The maximum Gasteiger partial charge on any atom is 0.337 e. The molecule has 32 heavy (non-hydrogen) atoms. The molecule has 2 aromatic heterocycles. The Hall–Kier alpha value is -4.71. The van der Waals surface area contributed by atoms with Gasteiger partial charge < -0.3 is 14.8 Å². The van der Waals surface area contributed by atoms with Gasteiger partial charge in [-0.2, -0.15) is 5.26 Å². The summed E-state index contributed by atoms with van der Waals surface area (Å²) in [6.07, 6.45) is 0.455. The lowest BCUT2D eigenvalue weighted by Crippen LogP contribution is -2.01. The highest BCUT2D eigenvalue weighted by atomic mass is 16.5. The lowest BCUT2D eigenvalue weighted by Gasteiger charge is -2.08. The molecule has 156 valence electrons. The number of nitriles is 1. The van der Waals surface area contributed by atoms with Gasteiger partial charge in [0.25, 0.3) is 0 Å². The lowest BCUT2D eigenvalue weighted by molar-refractivity contribution is 0.0699. The molecular weight excluding hydrogens is 408 g/mol. The van der Waals surface area contributed by atoms with Gasteiger partial charge >= 0.3 is 5.97 Å². The topological polar surface area (TPSA) is 141 Å². The van der Waals surface area contributed by atoms with Crippen molar-refractivity contribution in [2.75, 3.05) is 0 Å². The van der Waals surface area contributed by atoms with Gasteiger partial charge in [0, 0.05) is 12.0 Å². The fourth-order valence-corrected chi connectivity index (χ4v) is 3.59. The van der Waals surface area contributed by atoms with Crippen LogP contribution in [0.4, 0.5) is 0 Å². The number of hydrogen-bond donors (Lipinski definition) is 3. The van der Waals surface area contributed by atoms with Crippen LogP contribution in [0.25, 0.3) is 22.1 Å². The predicted octanol–water partition coefficient (Wildman–Crippen LogP) is 3.57. The number of nitrogens with zero attached hydrogens (tertiary/aromatic N) is 4. The highest BCUT2D eigenvalue weighted by Crippen LogP contribution is 2.29. The molecule has 3 aromatic carbocycles. The highest BCUT2D eigenvalue weighted by molar-refractivity contribution is 6.02. The number of carbonyl (C=O) groups is 1. The summed E-state index contributed by atoms with van der Waals surface area (Å²) in [6.45, 7) is 0.225. The fraction of sp³-hybridized carbons (Fsp3) is 0.0870. The summed E-state index contributed by atoms with van der Waals surface area (Å²) in [5.74, 6) is 0.0113. The molecule has 9 nitrogen and oxygen atoms in total. The first-order valence-electron chi connectivity index (χ1n) is 9.78. The number of imidazole rings is 1. The minimum Gasteiger partial charge on any atom is -0.486 e. The first-order chi connectivity index (χ1) is 15.6. The summed E-state index contributed by atoms with van der Waals surface area (Å²) in [5.41, 5.74) is 4.85. The quantitative estimate of drug-likeness (QED) is 0.378. The summed E-state index contributed by atoms with van der Waals surface area (Å²) in [5, 5.41) is 29.3. The van der Waals surface area contributed by atoms with Crippen LogP contribution in [0.2, 0.25) is 0 Å². The van der Waals surface area contributed by atoms with E-state index in [1.807, 2.05) is 30.3 Å². The van der Waals surface area contributed by atoms with Gasteiger partial charge in [-0.3, -0.25) is 5.10 Å². The molecule has 0 aliphatic rings. The van der Waals surface area contributed by atoms with Crippen molar-refractivity contribution in [1.29, 1.82) is 5.26 Å². The van der Waals surface area contributed by atoms with E-state index >= 15 is 0 Å². The van der Waals surface area contributed by atoms with Crippen molar-refractivity contribution >= 4 is 28.0 Å². The van der Waals surface area contributed by atoms with Crippen LogP contribution in [0.15, 0.2) is 54.6 Å². The van der Waals surface area contributed by atoms with E-state index in [1.165, 1.54) is 6.07 Å². The summed E-state index contributed by atoms with van der Waals surface area (Å²) in [4.78, 5) is 19.5. The number of aromatic carboxylic acids is 1. The molecule has 0 aliphatic heterocycles. The molecule has 0 spiro atoms. The lowest BCUT2D eigenvalue weighted by atomic mass is 10.1. The van der Waals surface area contributed by atoms with Crippen LogP contribution in [0.3, 0.4) is 0 Å². The van der Waals surface area contributed by atoms with Gasteiger partial charge in [-0.05, 0) is 35.9 Å². The summed E-state index contributed by atoms with van der Waals surface area (Å²) < 4.78 is 6.02. The van der Waals surface area contributed by atoms with E-state index in [0.29, 0.717) is 34.6 Å². The van der Waals surface area contributed by atoms with E-state index in [0.717, 1.165) is 22.2 Å². The number of ether oxygens (including phenoxy) is 1. The maximum absolute atomic E-state index is 11.7. The van der Waals surface area contributed by atoms with Gasteiger partial charge in [0.1, 0.15) is 29.2 Å². The molecule has 0 radical (unpaired) electrons. The molecule has 0 saturated carbocycles. The third-order valence-electron chi connectivity index (χ3n) is 5.17. The molecule has 0 fully saturated rings. The molecule has 5 rings (SSSR count). The van der Waals surface area contributed by atoms with Gasteiger partial charge in [-0.25, -0.2) is 9.78 Å². The zero-order valence-corrected chi connectivity index (χ0v) is 16.7. The predicted molar refractivity (Wildman–Crippen MR) is 115 cm³/mol. The number of nitrogens with one attached hydrogen (secondary N) is 2. The number of hydrogen-bond acceptors (Lipinski definition) is 6. The van der Waals surface area contributed by atoms with Gasteiger partial charge in [-0.1, -0.05) is 29.5 Å². The van der Waals surface area contributed by atoms with E-state index in [1.54, 1.807) is 18.2 Å². The Balaban J connectivity index is 1.48. The fourth-order valence-electron chi connectivity index (χ4n) is 3.59. The van der Waals surface area contributed by atoms with Crippen LogP contribution in [0.5, 0.6) is 5.75 Å². The number of H-pyrrole nitrogens is 2. The molecular formula is C23H16N6O3. The number of fused-ring (bicyclic) bond motifs is 2. The third kappa shape index (κ3) is 3.50. The Labute approximate surface area is 181 Å².